The minimum atomic E-state index is -3.11. The first-order valence-electron chi connectivity index (χ1n) is 8.90. The van der Waals surface area contributed by atoms with E-state index < -0.39 is 15.1 Å². The molecule has 0 spiro atoms. The molecule has 132 valence electrons. The van der Waals surface area contributed by atoms with E-state index in [0.717, 1.165) is 32.1 Å². The zero-order chi connectivity index (χ0) is 17.3. The second kappa shape index (κ2) is 6.87. The summed E-state index contributed by atoms with van der Waals surface area (Å²) in [5, 5.41) is -0.398. The highest BCUT2D eigenvalue weighted by atomic mass is 32.2. The number of amides is 1. The molecule has 1 aromatic carbocycles. The van der Waals surface area contributed by atoms with E-state index >= 15 is 0 Å². The number of aryl methyl sites for hydroxylation is 1. The summed E-state index contributed by atoms with van der Waals surface area (Å²) in [7, 11) is -1.32. The predicted octanol–water partition coefficient (Wildman–Crippen LogP) is 2.92. The molecule has 0 radical (unpaired) electrons. The van der Waals surface area contributed by atoms with E-state index in [-0.39, 0.29) is 17.9 Å². The lowest BCUT2D eigenvalue weighted by Gasteiger charge is -2.31. The SMILES string of the molecule is CN(C(=O)C[C@@H]1CCCc2ccccc21)[C@H]1CCC[C@H]1S(C)(=O)=O. The summed E-state index contributed by atoms with van der Waals surface area (Å²) in [6.45, 7) is 0. The van der Waals surface area contributed by atoms with Gasteiger partial charge in [0.1, 0.15) is 0 Å². The lowest BCUT2D eigenvalue weighted by Crippen LogP contribution is -2.44. The highest BCUT2D eigenvalue weighted by molar-refractivity contribution is 7.91. The molecule has 0 N–H and O–H groups in total. The first kappa shape index (κ1) is 17.5. The summed E-state index contributed by atoms with van der Waals surface area (Å²) < 4.78 is 24.0. The lowest BCUT2D eigenvalue weighted by molar-refractivity contribution is -0.132. The van der Waals surface area contributed by atoms with E-state index in [0.29, 0.717) is 12.8 Å². The van der Waals surface area contributed by atoms with Crippen LogP contribution in [0.3, 0.4) is 0 Å². The van der Waals surface area contributed by atoms with Crippen LogP contribution in [-0.4, -0.2) is 43.8 Å². The van der Waals surface area contributed by atoms with Gasteiger partial charge in [0.25, 0.3) is 0 Å². The Bertz CT molecular complexity index is 713. The van der Waals surface area contributed by atoms with E-state index in [1.165, 1.54) is 17.4 Å². The summed E-state index contributed by atoms with van der Waals surface area (Å²) in [6.07, 6.45) is 7.38. The highest BCUT2D eigenvalue weighted by Crippen LogP contribution is 2.35. The Balaban J connectivity index is 1.71. The molecule has 0 unspecified atom stereocenters. The Hall–Kier alpha value is -1.36. The van der Waals surface area contributed by atoms with Crippen LogP contribution in [0.1, 0.15) is 55.6 Å². The molecule has 0 aliphatic heterocycles. The fourth-order valence-corrected chi connectivity index (χ4v) is 5.94. The number of nitrogens with zero attached hydrogens (tertiary/aromatic N) is 1. The van der Waals surface area contributed by atoms with Crippen molar-refractivity contribution in [2.24, 2.45) is 0 Å². The third kappa shape index (κ3) is 3.51. The summed E-state index contributed by atoms with van der Waals surface area (Å²) in [5.74, 6) is 0.347. The summed E-state index contributed by atoms with van der Waals surface area (Å²) in [5.41, 5.74) is 2.66. The molecule has 1 aromatic rings. The molecule has 0 saturated heterocycles. The summed E-state index contributed by atoms with van der Waals surface area (Å²) >= 11 is 0. The second-order valence-corrected chi connectivity index (χ2v) is 9.63. The van der Waals surface area contributed by atoms with Gasteiger partial charge < -0.3 is 4.90 Å². The Morgan fingerprint density at radius 2 is 1.92 bits per heavy atom. The van der Waals surface area contributed by atoms with E-state index in [1.54, 1.807) is 11.9 Å². The van der Waals surface area contributed by atoms with Gasteiger partial charge in [-0.2, -0.15) is 0 Å². The molecule has 0 heterocycles. The van der Waals surface area contributed by atoms with Crippen LogP contribution in [0, 0.1) is 0 Å². The fraction of sp³-hybridized carbons (Fsp3) is 0.632. The van der Waals surface area contributed by atoms with Crippen LogP contribution in [0.2, 0.25) is 0 Å². The van der Waals surface area contributed by atoms with Gasteiger partial charge in [-0.05, 0) is 55.6 Å². The number of carbonyl (C=O) groups excluding carboxylic acids is 1. The van der Waals surface area contributed by atoms with Crippen LogP contribution in [0.15, 0.2) is 24.3 Å². The number of sulfone groups is 1. The van der Waals surface area contributed by atoms with E-state index in [9.17, 15) is 13.2 Å². The molecule has 3 rings (SSSR count). The van der Waals surface area contributed by atoms with Crippen molar-refractivity contribution < 1.29 is 13.2 Å². The van der Waals surface area contributed by atoms with Gasteiger partial charge in [0, 0.05) is 25.8 Å². The molecule has 4 nitrogen and oxygen atoms in total. The maximum absolute atomic E-state index is 12.8. The van der Waals surface area contributed by atoms with Crippen LogP contribution >= 0.6 is 0 Å². The molecule has 1 saturated carbocycles. The molecule has 1 fully saturated rings. The van der Waals surface area contributed by atoms with Crippen LogP contribution < -0.4 is 0 Å². The topological polar surface area (TPSA) is 54.5 Å². The third-order valence-electron chi connectivity index (χ3n) is 5.77. The molecule has 3 atom stereocenters. The minimum absolute atomic E-state index is 0.0808. The Morgan fingerprint density at radius 1 is 1.17 bits per heavy atom. The van der Waals surface area contributed by atoms with Gasteiger partial charge in [-0.25, -0.2) is 8.42 Å². The molecule has 24 heavy (non-hydrogen) atoms. The van der Waals surface area contributed by atoms with Crippen molar-refractivity contribution in [2.45, 2.75) is 62.2 Å². The molecule has 0 bridgehead atoms. The number of hydrogen-bond acceptors (Lipinski definition) is 3. The van der Waals surface area contributed by atoms with Crippen molar-refractivity contribution in [1.29, 1.82) is 0 Å². The van der Waals surface area contributed by atoms with Gasteiger partial charge in [0.2, 0.25) is 5.91 Å². The van der Waals surface area contributed by atoms with Crippen molar-refractivity contribution in [1.82, 2.24) is 4.90 Å². The van der Waals surface area contributed by atoms with Crippen molar-refractivity contribution in [3.63, 3.8) is 0 Å². The number of hydrogen-bond donors (Lipinski definition) is 0. The van der Waals surface area contributed by atoms with E-state index in [4.69, 9.17) is 0 Å². The minimum Gasteiger partial charge on any atom is -0.341 e. The largest absolute Gasteiger partial charge is 0.341 e. The van der Waals surface area contributed by atoms with Gasteiger partial charge >= 0.3 is 0 Å². The average Bonchev–Trinajstić information content (AvgIpc) is 3.04. The van der Waals surface area contributed by atoms with Gasteiger partial charge in [-0.3, -0.25) is 4.79 Å². The fourth-order valence-electron chi connectivity index (χ4n) is 4.46. The first-order chi connectivity index (χ1) is 11.4. The lowest BCUT2D eigenvalue weighted by atomic mass is 9.81. The van der Waals surface area contributed by atoms with E-state index in [2.05, 4.69) is 18.2 Å². The number of carbonyl (C=O) groups is 1. The maximum Gasteiger partial charge on any atom is 0.223 e. The molecule has 1 amide bonds. The molecule has 5 heteroatoms. The molecule has 0 aromatic heterocycles. The second-order valence-electron chi connectivity index (χ2n) is 7.36. The zero-order valence-corrected chi connectivity index (χ0v) is 15.4. The number of benzene rings is 1. The predicted molar refractivity (Wildman–Crippen MR) is 95.8 cm³/mol. The van der Waals surface area contributed by atoms with Crippen molar-refractivity contribution in [3.05, 3.63) is 35.4 Å². The number of fused-ring (bicyclic) bond motifs is 1. The Labute approximate surface area is 145 Å². The third-order valence-corrected chi connectivity index (χ3v) is 7.42. The van der Waals surface area contributed by atoms with E-state index in [1.807, 2.05) is 6.07 Å². The molecular formula is C19H27NO3S. The number of rotatable bonds is 4. The molecule has 2 aliphatic rings. The van der Waals surface area contributed by atoms with Crippen LogP contribution in [-0.2, 0) is 21.1 Å². The zero-order valence-electron chi connectivity index (χ0n) is 14.6. The van der Waals surface area contributed by atoms with Gasteiger partial charge in [-0.15, -0.1) is 0 Å². The smallest absolute Gasteiger partial charge is 0.223 e. The van der Waals surface area contributed by atoms with Crippen molar-refractivity contribution in [3.8, 4) is 0 Å². The van der Waals surface area contributed by atoms with Crippen LogP contribution in [0.5, 0.6) is 0 Å². The highest BCUT2D eigenvalue weighted by Gasteiger charge is 2.39. The van der Waals surface area contributed by atoms with Gasteiger partial charge in [-0.1, -0.05) is 24.3 Å². The monoisotopic (exact) mass is 349 g/mol. The van der Waals surface area contributed by atoms with Crippen molar-refractivity contribution >= 4 is 15.7 Å². The molecular weight excluding hydrogens is 322 g/mol. The first-order valence-corrected chi connectivity index (χ1v) is 10.9. The normalized spacial score (nSPS) is 26.8. The Kier molecular flexibility index (Phi) is 5.00. The standard InChI is InChI=1S/C19H27NO3S/c1-20(17-11-6-12-18(17)24(2,22)23)19(21)13-15-9-5-8-14-7-3-4-10-16(14)15/h3-4,7,10,15,17-18H,5-6,8-9,11-13H2,1-2H3/t15-,17-,18+/m0/s1. The quantitative estimate of drug-likeness (QED) is 0.840. The molecule has 2 aliphatic carbocycles. The Morgan fingerprint density at radius 3 is 2.67 bits per heavy atom. The van der Waals surface area contributed by atoms with Crippen LogP contribution in [0.4, 0.5) is 0 Å². The summed E-state index contributed by atoms with van der Waals surface area (Å²) in [6, 6.07) is 8.24. The van der Waals surface area contributed by atoms with Gasteiger partial charge in [0.05, 0.1) is 5.25 Å². The maximum atomic E-state index is 12.8. The van der Waals surface area contributed by atoms with Crippen molar-refractivity contribution in [2.75, 3.05) is 13.3 Å². The average molecular weight is 349 g/mol. The van der Waals surface area contributed by atoms with Gasteiger partial charge in [0.15, 0.2) is 9.84 Å². The summed E-state index contributed by atoms with van der Waals surface area (Å²) in [4.78, 5) is 14.5. The van der Waals surface area contributed by atoms with Crippen LogP contribution in [0.25, 0.3) is 0 Å².